The van der Waals surface area contributed by atoms with Crippen molar-refractivity contribution in [1.29, 1.82) is 0 Å². The first-order chi connectivity index (χ1) is 10.5. The number of nitrogens with zero attached hydrogens (tertiary/aromatic N) is 1. The lowest BCUT2D eigenvalue weighted by atomic mass is 9.91. The van der Waals surface area contributed by atoms with E-state index in [2.05, 4.69) is 17.1 Å². The fourth-order valence-electron chi connectivity index (χ4n) is 3.22. The number of carbonyl (C=O) groups excluding carboxylic acids is 1. The molecule has 0 aliphatic carbocycles. The van der Waals surface area contributed by atoms with Gasteiger partial charge >= 0.3 is 0 Å². The second-order valence-electron chi connectivity index (χ2n) is 6.23. The molecule has 1 aliphatic rings. The minimum absolute atomic E-state index is 0.00984. The Hall–Kier alpha value is -1.46. The van der Waals surface area contributed by atoms with Crippen LogP contribution in [0.15, 0.2) is 24.3 Å². The fourth-order valence-corrected chi connectivity index (χ4v) is 3.22. The summed E-state index contributed by atoms with van der Waals surface area (Å²) in [5.41, 5.74) is 6.76. The molecule has 0 bridgehead atoms. The van der Waals surface area contributed by atoms with Gasteiger partial charge in [0.25, 0.3) is 0 Å². The summed E-state index contributed by atoms with van der Waals surface area (Å²) in [5.74, 6) is 0.251. The minimum atomic E-state index is -0.268. The van der Waals surface area contributed by atoms with E-state index in [4.69, 9.17) is 5.73 Å². The Morgan fingerprint density at radius 1 is 1.45 bits per heavy atom. The van der Waals surface area contributed by atoms with Crippen LogP contribution in [-0.4, -0.2) is 36.5 Å². The maximum atomic E-state index is 12.9. The molecule has 0 saturated carbocycles. The van der Waals surface area contributed by atoms with Crippen LogP contribution in [0, 0.1) is 11.7 Å². The van der Waals surface area contributed by atoms with Crippen molar-refractivity contribution in [2.45, 2.75) is 38.8 Å². The zero-order chi connectivity index (χ0) is 16.1. The van der Waals surface area contributed by atoms with Crippen LogP contribution in [0.3, 0.4) is 0 Å². The molecule has 3 unspecified atom stereocenters. The summed E-state index contributed by atoms with van der Waals surface area (Å²) in [4.78, 5) is 14.4. The number of nitrogens with two attached hydrogens (primary N) is 1. The van der Waals surface area contributed by atoms with Gasteiger partial charge in [-0.3, -0.25) is 9.69 Å². The van der Waals surface area contributed by atoms with E-state index in [0.717, 1.165) is 18.5 Å². The van der Waals surface area contributed by atoms with Gasteiger partial charge in [0.15, 0.2) is 0 Å². The van der Waals surface area contributed by atoms with Crippen LogP contribution in [0.1, 0.15) is 38.3 Å². The number of hydrogen-bond donors (Lipinski definition) is 2. The molecule has 1 aromatic carbocycles. The van der Waals surface area contributed by atoms with Crippen LogP contribution in [0.4, 0.5) is 4.39 Å². The largest absolute Gasteiger partial charge is 0.348 e. The van der Waals surface area contributed by atoms with Crippen molar-refractivity contribution in [2.24, 2.45) is 11.7 Å². The second-order valence-corrected chi connectivity index (χ2v) is 6.23. The Morgan fingerprint density at radius 2 is 2.14 bits per heavy atom. The monoisotopic (exact) mass is 307 g/mol. The lowest BCUT2D eigenvalue weighted by Crippen LogP contribution is -2.52. The Balaban J connectivity index is 1.90. The molecule has 1 aromatic rings. The zero-order valence-electron chi connectivity index (χ0n) is 13.4. The number of nitrogens with one attached hydrogen (secondary N) is 1. The maximum absolute atomic E-state index is 12.9. The summed E-state index contributed by atoms with van der Waals surface area (Å²) in [5, 5.41) is 2.98. The molecular formula is C17H26FN3O. The van der Waals surface area contributed by atoms with Crippen molar-refractivity contribution in [2.75, 3.05) is 19.6 Å². The standard InChI is InChI=1S/C17H26FN3O/c1-12-4-3-9-21(16(12)10-19)11-17(22)20-13(2)14-5-7-15(18)8-6-14/h5-8,12-13,16H,3-4,9-11,19H2,1-2H3,(H,20,22). The Labute approximate surface area is 131 Å². The molecule has 1 amide bonds. The number of amides is 1. The maximum Gasteiger partial charge on any atom is 0.234 e. The lowest BCUT2D eigenvalue weighted by Gasteiger charge is -2.39. The predicted octanol–water partition coefficient (Wildman–Crippen LogP) is 2.06. The Kier molecular flexibility index (Phi) is 5.91. The van der Waals surface area contributed by atoms with Crippen molar-refractivity contribution in [3.05, 3.63) is 35.6 Å². The molecule has 22 heavy (non-hydrogen) atoms. The molecule has 4 nitrogen and oxygen atoms in total. The van der Waals surface area contributed by atoms with Crippen LogP contribution in [0.5, 0.6) is 0 Å². The van der Waals surface area contributed by atoms with Crippen LogP contribution in [-0.2, 0) is 4.79 Å². The highest BCUT2D eigenvalue weighted by atomic mass is 19.1. The Bertz CT molecular complexity index is 491. The van der Waals surface area contributed by atoms with E-state index in [1.807, 2.05) is 6.92 Å². The molecule has 122 valence electrons. The summed E-state index contributed by atoms with van der Waals surface area (Å²) >= 11 is 0. The third-order valence-corrected chi connectivity index (χ3v) is 4.57. The third-order valence-electron chi connectivity index (χ3n) is 4.57. The molecule has 0 spiro atoms. The van der Waals surface area contributed by atoms with Crippen molar-refractivity contribution < 1.29 is 9.18 Å². The van der Waals surface area contributed by atoms with Crippen LogP contribution in [0.2, 0.25) is 0 Å². The number of halogens is 1. The normalized spacial score (nSPS) is 24.0. The summed E-state index contributed by atoms with van der Waals surface area (Å²) < 4.78 is 12.9. The molecule has 1 saturated heterocycles. The van der Waals surface area contributed by atoms with Gasteiger partial charge in [-0.05, 0) is 49.9 Å². The van der Waals surface area contributed by atoms with E-state index >= 15 is 0 Å². The molecule has 3 atom stereocenters. The van der Waals surface area contributed by atoms with Gasteiger partial charge in [0.2, 0.25) is 5.91 Å². The summed E-state index contributed by atoms with van der Waals surface area (Å²) in [7, 11) is 0. The van der Waals surface area contributed by atoms with Crippen molar-refractivity contribution in [3.8, 4) is 0 Å². The summed E-state index contributed by atoms with van der Waals surface area (Å²) in [6, 6.07) is 6.37. The first-order valence-electron chi connectivity index (χ1n) is 8.00. The molecule has 0 radical (unpaired) electrons. The van der Waals surface area contributed by atoms with Gasteiger partial charge in [-0.25, -0.2) is 4.39 Å². The van der Waals surface area contributed by atoms with E-state index in [0.29, 0.717) is 19.0 Å². The van der Waals surface area contributed by atoms with Gasteiger partial charge in [0, 0.05) is 12.6 Å². The molecule has 1 fully saturated rings. The zero-order valence-corrected chi connectivity index (χ0v) is 13.4. The van der Waals surface area contributed by atoms with Crippen LogP contribution in [0.25, 0.3) is 0 Å². The van der Waals surface area contributed by atoms with Gasteiger partial charge in [0.05, 0.1) is 12.6 Å². The van der Waals surface area contributed by atoms with Gasteiger partial charge in [-0.2, -0.15) is 0 Å². The number of rotatable bonds is 5. The predicted molar refractivity (Wildman–Crippen MR) is 85.8 cm³/mol. The SMILES string of the molecule is CC(NC(=O)CN1CCCC(C)C1CN)c1ccc(F)cc1. The van der Waals surface area contributed by atoms with Gasteiger partial charge in [0.1, 0.15) is 5.82 Å². The van der Waals surface area contributed by atoms with E-state index in [-0.39, 0.29) is 23.8 Å². The van der Waals surface area contributed by atoms with E-state index in [1.165, 1.54) is 18.6 Å². The molecular weight excluding hydrogens is 281 g/mol. The van der Waals surface area contributed by atoms with E-state index < -0.39 is 0 Å². The first kappa shape index (κ1) is 16.9. The van der Waals surface area contributed by atoms with Crippen LogP contribution >= 0.6 is 0 Å². The van der Waals surface area contributed by atoms with Gasteiger partial charge < -0.3 is 11.1 Å². The molecule has 2 rings (SSSR count). The number of likely N-dealkylation sites (tertiary alicyclic amines) is 1. The first-order valence-corrected chi connectivity index (χ1v) is 8.00. The quantitative estimate of drug-likeness (QED) is 0.875. The lowest BCUT2D eigenvalue weighted by molar-refractivity contribution is -0.124. The van der Waals surface area contributed by atoms with E-state index in [9.17, 15) is 9.18 Å². The molecule has 1 aliphatic heterocycles. The number of carbonyl (C=O) groups is 1. The average molecular weight is 307 g/mol. The Morgan fingerprint density at radius 3 is 2.77 bits per heavy atom. The van der Waals surface area contributed by atoms with E-state index in [1.54, 1.807) is 12.1 Å². The highest BCUT2D eigenvalue weighted by Crippen LogP contribution is 2.22. The second kappa shape index (κ2) is 7.70. The molecule has 0 aromatic heterocycles. The average Bonchev–Trinajstić information content (AvgIpc) is 2.48. The summed E-state index contributed by atoms with van der Waals surface area (Å²) in [6.45, 7) is 5.98. The topological polar surface area (TPSA) is 58.4 Å². The van der Waals surface area contributed by atoms with Crippen molar-refractivity contribution in [1.82, 2.24) is 10.2 Å². The van der Waals surface area contributed by atoms with Gasteiger partial charge in [-0.1, -0.05) is 19.1 Å². The number of piperidine rings is 1. The fraction of sp³-hybridized carbons (Fsp3) is 0.588. The number of hydrogen-bond acceptors (Lipinski definition) is 3. The smallest absolute Gasteiger partial charge is 0.234 e. The highest BCUT2D eigenvalue weighted by Gasteiger charge is 2.28. The molecule has 1 heterocycles. The van der Waals surface area contributed by atoms with Gasteiger partial charge in [-0.15, -0.1) is 0 Å². The summed E-state index contributed by atoms with van der Waals surface area (Å²) in [6.07, 6.45) is 2.28. The molecule has 5 heteroatoms. The minimum Gasteiger partial charge on any atom is -0.348 e. The number of benzene rings is 1. The molecule has 3 N–H and O–H groups in total. The van der Waals surface area contributed by atoms with Crippen LogP contribution < -0.4 is 11.1 Å². The third kappa shape index (κ3) is 4.27. The highest BCUT2D eigenvalue weighted by molar-refractivity contribution is 5.78. The van der Waals surface area contributed by atoms with Crippen molar-refractivity contribution in [3.63, 3.8) is 0 Å². The van der Waals surface area contributed by atoms with Crippen molar-refractivity contribution >= 4 is 5.91 Å².